The van der Waals surface area contributed by atoms with Crippen molar-refractivity contribution in [1.29, 1.82) is 0 Å². The van der Waals surface area contributed by atoms with E-state index in [1.807, 2.05) is 6.07 Å². The number of methoxy groups -OCH3 is 1. The number of anilines is 1. The number of hydrogen-bond donors (Lipinski definition) is 1. The molecule has 0 radical (unpaired) electrons. The molecule has 0 spiro atoms. The van der Waals surface area contributed by atoms with Crippen LogP contribution in [0.2, 0.25) is 0 Å². The second-order valence-corrected chi connectivity index (χ2v) is 5.20. The van der Waals surface area contributed by atoms with Crippen molar-refractivity contribution in [2.45, 2.75) is 32.2 Å². The first-order valence-electron chi connectivity index (χ1n) is 5.84. The van der Waals surface area contributed by atoms with Crippen molar-refractivity contribution in [2.75, 3.05) is 12.4 Å². The average molecular weight is 284 g/mol. The van der Waals surface area contributed by atoms with Gasteiger partial charge < -0.3 is 10.1 Å². The zero-order chi connectivity index (χ0) is 11.5. The first-order chi connectivity index (χ1) is 7.74. The maximum Gasteiger partial charge on any atom is 0.135 e. The smallest absolute Gasteiger partial charge is 0.135 e. The van der Waals surface area contributed by atoms with Crippen molar-refractivity contribution in [3.8, 4) is 5.75 Å². The average Bonchev–Trinajstić information content (AvgIpc) is 3.12. The van der Waals surface area contributed by atoms with Gasteiger partial charge in [0.25, 0.3) is 0 Å². The second kappa shape index (κ2) is 5.09. The molecule has 1 aromatic carbocycles. The maximum absolute atomic E-state index is 5.29. The van der Waals surface area contributed by atoms with Gasteiger partial charge in [-0.3, -0.25) is 0 Å². The van der Waals surface area contributed by atoms with Gasteiger partial charge in [-0.15, -0.1) is 0 Å². The lowest BCUT2D eigenvalue weighted by atomic mass is 10.1. The topological polar surface area (TPSA) is 21.3 Å². The summed E-state index contributed by atoms with van der Waals surface area (Å²) >= 11 is 3.46. The minimum Gasteiger partial charge on any atom is -0.495 e. The standard InChI is InChI=1S/C13H18BrNO/c1-3-12(9-4-5-9)15-10-6-7-11(14)13(8-10)16-2/h6-9,12,15H,3-5H2,1-2H3. The molecule has 0 aliphatic heterocycles. The van der Waals surface area contributed by atoms with E-state index in [9.17, 15) is 0 Å². The SMILES string of the molecule is CCC(Nc1ccc(Br)c(OC)c1)C1CC1. The van der Waals surface area contributed by atoms with Crippen molar-refractivity contribution in [3.63, 3.8) is 0 Å². The number of benzene rings is 1. The Hall–Kier alpha value is -0.700. The van der Waals surface area contributed by atoms with Crippen molar-refractivity contribution < 1.29 is 4.74 Å². The Labute approximate surface area is 106 Å². The molecule has 0 bridgehead atoms. The van der Waals surface area contributed by atoms with E-state index in [2.05, 4.69) is 40.3 Å². The van der Waals surface area contributed by atoms with Gasteiger partial charge in [-0.2, -0.15) is 0 Å². The zero-order valence-electron chi connectivity index (χ0n) is 9.79. The van der Waals surface area contributed by atoms with Gasteiger partial charge in [-0.1, -0.05) is 6.92 Å². The normalized spacial score (nSPS) is 16.9. The van der Waals surface area contributed by atoms with Crippen molar-refractivity contribution in [2.24, 2.45) is 5.92 Å². The lowest BCUT2D eigenvalue weighted by Crippen LogP contribution is -2.20. The fourth-order valence-electron chi connectivity index (χ4n) is 2.02. The van der Waals surface area contributed by atoms with Gasteiger partial charge in [0.1, 0.15) is 5.75 Å². The second-order valence-electron chi connectivity index (χ2n) is 4.35. The molecular weight excluding hydrogens is 266 g/mol. The molecule has 1 aromatic rings. The van der Waals surface area contributed by atoms with Crippen LogP contribution in [-0.2, 0) is 0 Å². The lowest BCUT2D eigenvalue weighted by molar-refractivity contribution is 0.412. The van der Waals surface area contributed by atoms with E-state index in [1.165, 1.54) is 19.3 Å². The van der Waals surface area contributed by atoms with Crippen LogP contribution in [0.15, 0.2) is 22.7 Å². The van der Waals surface area contributed by atoms with E-state index in [4.69, 9.17) is 4.74 Å². The molecule has 1 aliphatic carbocycles. The van der Waals surface area contributed by atoms with E-state index < -0.39 is 0 Å². The van der Waals surface area contributed by atoms with E-state index in [0.717, 1.165) is 21.8 Å². The van der Waals surface area contributed by atoms with Crippen LogP contribution in [0.25, 0.3) is 0 Å². The van der Waals surface area contributed by atoms with Gasteiger partial charge in [0.05, 0.1) is 11.6 Å². The van der Waals surface area contributed by atoms with Crippen molar-refractivity contribution >= 4 is 21.6 Å². The molecule has 0 saturated heterocycles. The molecule has 0 aromatic heterocycles. The Balaban J connectivity index is 2.08. The van der Waals surface area contributed by atoms with Crippen molar-refractivity contribution in [1.82, 2.24) is 0 Å². The molecule has 1 aliphatic rings. The summed E-state index contributed by atoms with van der Waals surface area (Å²) in [4.78, 5) is 0. The van der Waals surface area contributed by atoms with Gasteiger partial charge >= 0.3 is 0 Å². The molecule has 1 N–H and O–H groups in total. The number of halogens is 1. The molecule has 0 heterocycles. The molecule has 2 rings (SSSR count). The van der Waals surface area contributed by atoms with Gasteiger partial charge in [-0.25, -0.2) is 0 Å². The summed E-state index contributed by atoms with van der Waals surface area (Å²) in [6.07, 6.45) is 3.93. The summed E-state index contributed by atoms with van der Waals surface area (Å²) < 4.78 is 6.29. The first-order valence-corrected chi connectivity index (χ1v) is 6.64. The van der Waals surface area contributed by atoms with Gasteiger partial charge in [0, 0.05) is 17.8 Å². The molecule has 3 heteroatoms. The predicted octanol–water partition coefficient (Wildman–Crippen LogP) is 4.06. The Bertz CT molecular complexity index is 363. The van der Waals surface area contributed by atoms with Crippen LogP contribution in [0.5, 0.6) is 5.75 Å². The highest BCUT2D eigenvalue weighted by molar-refractivity contribution is 9.10. The predicted molar refractivity (Wildman–Crippen MR) is 71.1 cm³/mol. The molecule has 88 valence electrons. The first kappa shape index (κ1) is 11.8. The minimum absolute atomic E-state index is 0.617. The third-order valence-corrected chi connectivity index (χ3v) is 3.79. The number of hydrogen-bond acceptors (Lipinski definition) is 2. The Kier molecular flexibility index (Phi) is 3.74. The molecule has 1 saturated carbocycles. The van der Waals surface area contributed by atoms with Crippen LogP contribution in [-0.4, -0.2) is 13.2 Å². The highest BCUT2D eigenvalue weighted by Crippen LogP contribution is 2.36. The summed E-state index contributed by atoms with van der Waals surface area (Å²) in [5.41, 5.74) is 1.15. The summed E-state index contributed by atoms with van der Waals surface area (Å²) in [5, 5.41) is 3.59. The summed E-state index contributed by atoms with van der Waals surface area (Å²) in [7, 11) is 1.70. The van der Waals surface area contributed by atoms with Crippen LogP contribution in [0.4, 0.5) is 5.69 Å². The van der Waals surface area contributed by atoms with Crippen molar-refractivity contribution in [3.05, 3.63) is 22.7 Å². The van der Waals surface area contributed by atoms with Crippen LogP contribution in [0.1, 0.15) is 26.2 Å². The third-order valence-electron chi connectivity index (χ3n) is 3.13. The largest absolute Gasteiger partial charge is 0.495 e. The van der Waals surface area contributed by atoms with E-state index in [-0.39, 0.29) is 0 Å². The Morgan fingerprint density at radius 1 is 1.50 bits per heavy atom. The minimum atomic E-state index is 0.617. The maximum atomic E-state index is 5.29. The summed E-state index contributed by atoms with van der Waals surface area (Å²) in [6.45, 7) is 2.24. The van der Waals surface area contributed by atoms with Gasteiger partial charge in [-0.05, 0) is 53.2 Å². The quantitative estimate of drug-likeness (QED) is 0.880. The van der Waals surface area contributed by atoms with Gasteiger partial charge in [0.2, 0.25) is 0 Å². The molecule has 0 amide bonds. The molecular formula is C13H18BrNO. The summed E-state index contributed by atoms with van der Waals surface area (Å²) in [5.74, 6) is 1.76. The third kappa shape index (κ3) is 2.70. The molecule has 16 heavy (non-hydrogen) atoms. The van der Waals surface area contributed by atoms with E-state index in [1.54, 1.807) is 7.11 Å². The number of rotatable bonds is 5. The zero-order valence-corrected chi connectivity index (χ0v) is 11.4. The molecule has 2 nitrogen and oxygen atoms in total. The molecule has 1 atom stereocenters. The number of ether oxygens (including phenoxy) is 1. The van der Waals surface area contributed by atoms with Crippen LogP contribution >= 0.6 is 15.9 Å². The molecule has 1 fully saturated rings. The fourth-order valence-corrected chi connectivity index (χ4v) is 2.42. The van der Waals surface area contributed by atoms with Crippen LogP contribution in [0, 0.1) is 5.92 Å². The summed E-state index contributed by atoms with van der Waals surface area (Å²) in [6, 6.07) is 6.79. The Morgan fingerprint density at radius 2 is 2.25 bits per heavy atom. The van der Waals surface area contributed by atoms with Gasteiger partial charge in [0.15, 0.2) is 0 Å². The monoisotopic (exact) mass is 283 g/mol. The lowest BCUT2D eigenvalue weighted by Gasteiger charge is -2.18. The molecule has 1 unspecified atom stereocenters. The Morgan fingerprint density at radius 3 is 2.81 bits per heavy atom. The fraction of sp³-hybridized carbons (Fsp3) is 0.538. The highest BCUT2D eigenvalue weighted by atomic mass is 79.9. The van der Waals surface area contributed by atoms with Crippen LogP contribution < -0.4 is 10.1 Å². The number of nitrogens with one attached hydrogen (secondary N) is 1. The van der Waals surface area contributed by atoms with E-state index in [0.29, 0.717) is 6.04 Å². The highest BCUT2D eigenvalue weighted by Gasteiger charge is 2.29. The van der Waals surface area contributed by atoms with Crippen LogP contribution in [0.3, 0.4) is 0 Å². The van der Waals surface area contributed by atoms with E-state index >= 15 is 0 Å².